The number of nitriles is 1. The molecule has 1 aromatic carbocycles. The SMILES string of the molecule is C=C(C)C(=O)OCCN(CCOC(=O)C(=C)C)c1ccc(N=Nc2snc(C)c2C#N)c(NC(C)=O)c1. The molecule has 1 N–H and O–H groups in total. The fourth-order valence-corrected chi connectivity index (χ4v) is 3.54. The first kappa shape index (κ1) is 28.9. The molecule has 0 fully saturated rings. The topological polar surface area (TPSA) is 146 Å². The third-order valence-corrected chi connectivity index (χ3v) is 5.57. The highest BCUT2D eigenvalue weighted by atomic mass is 32.1. The van der Waals surface area contributed by atoms with Gasteiger partial charge >= 0.3 is 11.9 Å². The molecule has 0 aliphatic heterocycles. The molecule has 37 heavy (non-hydrogen) atoms. The molecule has 1 amide bonds. The predicted molar refractivity (Wildman–Crippen MR) is 140 cm³/mol. The number of rotatable bonds is 12. The summed E-state index contributed by atoms with van der Waals surface area (Å²) in [5, 5.41) is 20.8. The Bertz CT molecular complexity index is 1240. The molecule has 1 heterocycles. The molecule has 2 aromatic rings. The van der Waals surface area contributed by atoms with E-state index in [0.717, 1.165) is 11.5 Å². The van der Waals surface area contributed by atoms with Gasteiger partial charge in [-0.3, -0.25) is 4.79 Å². The lowest BCUT2D eigenvalue weighted by Gasteiger charge is -2.25. The number of aryl methyl sites for hydroxylation is 1. The Morgan fingerprint density at radius 3 is 2.19 bits per heavy atom. The van der Waals surface area contributed by atoms with Crippen molar-refractivity contribution in [3.05, 3.63) is 53.8 Å². The lowest BCUT2D eigenvalue weighted by atomic mass is 10.2. The van der Waals surface area contributed by atoms with Gasteiger partial charge < -0.3 is 19.7 Å². The van der Waals surface area contributed by atoms with Crippen LogP contribution in [-0.2, 0) is 23.9 Å². The van der Waals surface area contributed by atoms with Crippen molar-refractivity contribution in [2.24, 2.45) is 10.2 Å². The van der Waals surface area contributed by atoms with Crippen molar-refractivity contribution in [1.29, 1.82) is 5.26 Å². The van der Waals surface area contributed by atoms with Crippen LogP contribution in [0.3, 0.4) is 0 Å². The van der Waals surface area contributed by atoms with Crippen molar-refractivity contribution in [3.8, 4) is 6.07 Å². The van der Waals surface area contributed by atoms with Crippen LogP contribution in [0.5, 0.6) is 0 Å². The number of hydrogen-bond acceptors (Lipinski definition) is 11. The van der Waals surface area contributed by atoms with Gasteiger partial charge in [0.15, 0.2) is 5.00 Å². The van der Waals surface area contributed by atoms with Crippen LogP contribution in [0.1, 0.15) is 32.0 Å². The van der Waals surface area contributed by atoms with Gasteiger partial charge in [0.2, 0.25) is 5.91 Å². The van der Waals surface area contributed by atoms with Crippen LogP contribution in [0.2, 0.25) is 0 Å². The number of azo groups is 1. The van der Waals surface area contributed by atoms with E-state index < -0.39 is 11.9 Å². The zero-order valence-electron chi connectivity index (χ0n) is 21.2. The Morgan fingerprint density at radius 1 is 1.08 bits per heavy atom. The Morgan fingerprint density at radius 2 is 1.68 bits per heavy atom. The van der Waals surface area contributed by atoms with Crippen molar-refractivity contribution in [2.45, 2.75) is 27.7 Å². The van der Waals surface area contributed by atoms with Crippen molar-refractivity contribution in [1.82, 2.24) is 4.37 Å². The van der Waals surface area contributed by atoms with Crippen LogP contribution in [0.15, 0.2) is 52.7 Å². The lowest BCUT2D eigenvalue weighted by Crippen LogP contribution is -2.32. The minimum Gasteiger partial charge on any atom is -0.460 e. The van der Waals surface area contributed by atoms with Crippen LogP contribution >= 0.6 is 11.5 Å². The normalized spacial score (nSPS) is 10.5. The molecule has 194 valence electrons. The summed E-state index contributed by atoms with van der Waals surface area (Å²) in [6.07, 6.45) is 0. The number of ether oxygens (including phenoxy) is 2. The first-order valence-corrected chi connectivity index (χ1v) is 11.9. The maximum absolute atomic E-state index is 11.9. The van der Waals surface area contributed by atoms with E-state index in [1.54, 1.807) is 39.0 Å². The van der Waals surface area contributed by atoms with E-state index in [9.17, 15) is 19.6 Å². The van der Waals surface area contributed by atoms with Gasteiger partial charge in [-0.25, -0.2) is 9.59 Å². The summed E-state index contributed by atoms with van der Waals surface area (Å²) in [7, 11) is 0. The Labute approximate surface area is 219 Å². The van der Waals surface area contributed by atoms with E-state index >= 15 is 0 Å². The molecular formula is C25H28N6O5S. The van der Waals surface area contributed by atoms with Crippen molar-refractivity contribution in [2.75, 3.05) is 36.5 Å². The van der Waals surface area contributed by atoms with Crippen molar-refractivity contribution in [3.63, 3.8) is 0 Å². The number of carbonyl (C=O) groups excluding carboxylic acids is 3. The van der Waals surface area contributed by atoms with Gasteiger partial charge in [0.05, 0.1) is 24.5 Å². The molecule has 0 saturated heterocycles. The molecule has 0 bridgehead atoms. The summed E-state index contributed by atoms with van der Waals surface area (Å²) >= 11 is 1.05. The predicted octanol–water partition coefficient (Wildman–Crippen LogP) is 4.74. The van der Waals surface area contributed by atoms with E-state index in [1.807, 2.05) is 4.90 Å². The van der Waals surface area contributed by atoms with Gasteiger partial charge in [0.25, 0.3) is 0 Å². The molecule has 12 heteroatoms. The van der Waals surface area contributed by atoms with Crippen LogP contribution in [0, 0.1) is 18.3 Å². The maximum Gasteiger partial charge on any atom is 0.333 e. The molecule has 0 aliphatic carbocycles. The van der Waals surface area contributed by atoms with Gasteiger partial charge in [-0.05, 0) is 50.5 Å². The van der Waals surface area contributed by atoms with Crippen molar-refractivity contribution >= 4 is 51.4 Å². The van der Waals surface area contributed by atoms with Crippen molar-refractivity contribution < 1.29 is 23.9 Å². The fourth-order valence-electron chi connectivity index (χ4n) is 2.87. The number of amides is 1. The highest BCUT2D eigenvalue weighted by molar-refractivity contribution is 7.10. The van der Waals surface area contributed by atoms with Crippen LogP contribution in [-0.4, -0.2) is 48.5 Å². The average molecular weight is 525 g/mol. The van der Waals surface area contributed by atoms with E-state index in [1.165, 1.54) is 6.92 Å². The Kier molecular flexibility index (Phi) is 10.6. The Hall–Kier alpha value is -4.37. The molecule has 2 rings (SSSR count). The van der Waals surface area contributed by atoms with Crippen LogP contribution in [0.4, 0.5) is 22.1 Å². The van der Waals surface area contributed by atoms with Gasteiger partial charge in [-0.15, -0.1) is 10.2 Å². The molecule has 1 aromatic heterocycles. The zero-order chi connectivity index (χ0) is 27.5. The van der Waals surface area contributed by atoms with Crippen LogP contribution < -0.4 is 10.2 Å². The highest BCUT2D eigenvalue weighted by Gasteiger charge is 2.15. The minimum absolute atomic E-state index is 0.0543. The third kappa shape index (κ3) is 8.66. The van der Waals surface area contributed by atoms with Gasteiger partial charge in [-0.2, -0.15) is 9.64 Å². The van der Waals surface area contributed by atoms with E-state index in [4.69, 9.17) is 9.47 Å². The average Bonchev–Trinajstić information content (AvgIpc) is 3.20. The quantitative estimate of drug-likeness (QED) is 0.238. The lowest BCUT2D eigenvalue weighted by molar-refractivity contribution is -0.139. The summed E-state index contributed by atoms with van der Waals surface area (Å²) in [6.45, 7) is 14.0. The summed E-state index contributed by atoms with van der Waals surface area (Å²) in [4.78, 5) is 37.3. The standard InChI is InChI=1S/C25H28N6O5S/c1-15(2)24(33)35-11-9-31(10-12-36-25(34)16(3)4)19-7-8-21(22(13-19)27-18(6)32)28-29-23-20(14-26)17(5)30-37-23/h7-8,13H,1,3,9-12H2,2,4-6H3,(H,27,32). The second-order valence-corrected chi connectivity index (χ2v) is 8.71. The number of esters is 2. The number of carbonyl (C=O) groups is 3. The Balaban J connectivity index is 2.33. The zero-order valence-corrected chi connectivity index (χ0v) is 22.0. The summed E-state index contributed by atoms with van der Waals surface area (Å²) in [5.41, 5.74) is 2.83. The van der Waals surface area contributed by atoms with Gasteiger partial charge in [-0.1, -0.05) is 13.2 Å². The van der Waals surface area contributed by atoms with E-state index in [-0.39, 0.29) is 43.4 Å². The second kappa shape index (κ2) is 13.6. The largest absolute Gasteiger partial charge is 0.460 e. The maximum atomic E-state index is 11.9. The number of anilines is 2. The number of aromatic nitrogens is 1. The van der Waals surface area contributed by atoms with E-state index in [0.29, 0.717) is 33.3 Å². The molecule has 11 nitrogen and oxygen atoms in total. The number of benzene rings is 1. The van der Waals surface area contributed by atoms with Gasteiger partial charge in [0, 0.05) is 23.8 Å². The third-order valence-electron chi connectivity index (χ3n) is 4.75. The summed E-state index contributed by atoms with van der Waals surface area (Å²) in [6, 6.07) is 7.13. The molecule has 0 spiro atoms. The molecule has 0 aliphatic rings. The second-order valence-electron chi connectivity index (χ2n) is 7.96. The molecule has 0 unspecified atom stereocenters. The fraction of sp³-hybridized carbons (Fsp3) is 0.320. The summed E-state index contributed by atoms with van der Waals surface area (Å²) in [5.74, 6) is -1.35. The molecule has 0 radical (unpaired) electrons. The monoisotopic (exact) mass is 524 g/mol. The first-order valence-electron chi connectivity index (χ1n) is 11.1. The summed E-state index contributed by atoms with van der Waals surface area (Å²) < 4.78 is 14.5. The first-order chi connectivity index (χ1) is 17.5. The number of nitrogens with one attached hydrogen (secondary N) is 1. The number of nitrogens with zero attached hydrogens (tertiary/aromatic N) is 5. The smallest absolute Gasteiger partial charge is 0.333 e. The molecule has 0 atom stereocenters. The highest BCUT2D eigenvalue weighted by Crippen LogP contribution is 2.34. The van der Waals surface area contributed by atoms with Gasteiger partial charge in [0.1, 0.15) is 30.5 Å². The number of hydrogen-bond donors (Lipinski definition) is 1. The van der Waals surface area contributed by atoms with E-state index in [2.05, 4.69) is 39.1 Å². The minimum atomic E-state index is -0.515. The molecule has 0 saturated carbocycles. The molecular weight excluding hydrogens is 496 g/mol. The van der Waals surface area contributed by atoms with Crippen LogP contribution in [0.25, 0.3) is 0 Å².